The number of carbonyl (C=O) groups is 4. The average Bonchev–Trinajstić information content (AvgIpc) is 3.37. The number of nitrogens with one attached hydrogen (secondary N) is 1. The minimum Gasteiger partial charge on any atom is -0.465 e. The standard InChI is InChI=1S/C23H21N3O5/c27-20-6-5-18(21(28)24-20)26-22(29)16-4-3-14(12-17(16)23(26)30)13-25-9-7-15(8-10-25)19-2-1-11-31-19/h1-4,7,11-12,18H,5-6,8-10,13H2,(H,24,27,28). The molecule has 158 valence electrons. The van der Waals surface area contributed by atoms with Crippen molar-refractivity contribution in [3.63, 3.8) is 0 Å². The lowest BCUT2D eigenvalue weighted by Gasteiger charge is -2.27. The Morgan fingerprint density at radius 3 is 2.58 bits per heavy atom. The number of fused-ring (bicyclic) bond motifs is 1. The third-order valence-corrected chi connectivity index (χ3v) is 6.04. The van der Waals surface area contributed by atoms with E-state index >= 15 is 0 Å². The molecule has 1 atom stereocenters. The van der Waals surface area contributed by atoms with Crippen molar-refractivity contribution in [2.24, 2.45) is 0 Å². The van der Waals surface area contributed by atoms with Gasteiger partial charge in [0.25, 0.3) is 11.8 Å². The first-order chi connectivity index (χ1) is 15.0. The topological polar surface area (TPSA) is 99.9 Å². The molecule has 5 rings (SSSR count). The van der Waals surface area contributed by atoms with Gasteiger partial charge in [-0.05, 0) is 48.2 Å². The molecule has 3 aliphatic heterocycles. The summed E-state index contributed by atoms with van der Waals surface area (Å²) in [6, 6.07) is 8.14. The molecule has 0 saturated carbocycles. The Kier molecular flexibility index (Phi) is 4.78. The van der Waals surface area contributed by atoms with E-state index in [0.29, 0.717) is 17.7 Å². The van der Waals surface area contributed by atoms with Gasteiger partial charge in [0.2, 0.25) is 11.8 Å². The van der Waals surface area contributed by atoms with Crippen LogP contribution in [0.4, 0.5) is 0 Å². The molecule has 0 spiro atoms. The van der Waals surface area contributed by atoms with Gasteiger partial charge in [-0.3, -0.25) is 34.3 Å². The van der Waals surface area contributed by atoms with E-state index in [1.807, 2.05) is 18.2 Å². The van der Waals surface area contributed by atoms with Crippen molar-refractivity contribution < 1.29 is 23.6 Å². The predicted octanol–water partition coefficient (Wildman–Crippen LogP) is 1.97. The molecule has 1 aromatic carbocycles. The molecule has 0 radical (unpaired) electrons. The van der Waals surface area contributed by atoms with Gasteiger partial charge < -0.3 is 4.42 Å². The van der Waals surface area contributed by atoms with Crippen molar-refractivity contribution in [3.05, 3.63) is 65.1 Å². The molecular formula is C23H21N3O5. The van der Waals surface area contributed by atoms with E-state index in [2.05, 4.69) is 16.3 Å². The van der Waals surface area contributed by atoms with E-state index in [1.165, 1.54) is 5.57 Å². The minimum absolute atomic E-state index is 0.109. The second-order valence-electron chi connectivity index (χ2n) is 8.02. The van der Waals surface area contributed by atoms with Crippen LogP contribution in [0.5, 0.6) is 0 Å². The summed E-state index contributed by atoms with van der Waals surface area (Å²) in [6.45, 7) is 2.27. The number of hydrogen-bond acceptors (Lipinski definition) is 6. The van der Waals surface area contributed by atoms with E-state index in [0.717, 1.165) is 35.7 Å². The Morgan fingerprint density at radius 1 is 1.03 bits per heavy atom. The SMILES string of the molecule is O=C1CCC(N2C(=O)c3ccc(CN4CC=C(c5ccco5)CC4)cc3C2=O)C(=O)N1. The summed E-state index contributed by atoms with van der Waals surface area (Å²) < 4.78 is 5.46. The third-order valence-electron chi connectivity index (χ3n) is 6.04. The Balaban J connectivity index is 1.31. The Hall–Kier alpha value is -3.52. The van der Waals surface area contributed by atoms with Crippen LogP contribution < -0.4 is 5.32 Å². The lowest BCUT2D eigenvalue weighted by atomic mass is 10.0. The van der Waals surface area contributed by atoms with Crippen LogP contribution in [0.25, 0.3) is 5.57 Å². The molecule has 8 heteroatoms. The maximum atomic E-state index is 13.0. The molecule has 1 saturated heterocycles. The van der Waals surface area contributed by atoms with Crippen molar-refractivity contribution in [1.29, 1.82) is 0 Å². The number of nitrogens with zero attached hydrogens (tertiary/aromatic N) is 2. The van der Waals surface area contributed by atoms with Crippen LogP contribution in [0.15, 0.2) is 47.1 Å². The van der Waals surface area contributed by atoms with E-state index in [-0.39, 0.29) is 18.7 Å². The van der Waals surface area contributed by atoms with Crippen molar-refractivity contribution in [2.45, 2.75) is 31.8 Å². The van der Waals surface area contributed by atoms with Crippen LogP contribution in [-0.4, -0.2) is 52.6 Å². The number of hydrogen-bond donors (Lipinski definition) is 1. The summed E-state index contributed by atoms with van der Waals surface area (Å²) in [5.74, 6) is -1.04. The molecule has 0 aliphatic carbocycles. The second-order valence-corrected chi connectivity index (χ2v) is 8.02. The van der Waals surface area contributed by atoms with E-state index in [1.54, 1.807) is 18.4 Å². The van der Waals surface area contributed by atoms with Gasteiger partial charge in [0, 0.05) is 26.1 Å². The molecule has 1 unspecified atom stereocenters. The van der Waals surface area contributed by atoms with Gasteiger partial charge in [0.05, 0.1) is 17.4 Å². The lowest BCUT2D eigenvalue weighted by Crippen LogP contribution is -2.54. The summed E-state index contributed by atoms with van der Waals surface area (Å²) in [6.07, 6.45) is 4.95. The minimum atomic E-state index is -0.944. The molecule has 3 aliphatic rings. The molecule has 31 heavy (non-hydrogen) atoms. The monoisotopic (exact) mass is 419 g/mol. The van der Waals surface area contributed by atoms with Crippen LogP contribution in [0.3, 0.4) is 0 Å². The van der Waals surface area contributed by atoms with Gasteiger partial charge in [-0.1, -0.05) is 12.1 Å². The van der Waals surface area contributed by atoms with Crippen molar-refractivity contribution in [3.8, 4) is 0 Å². The highest BCUT2D eigenvalue weighted by atomic mass is 16.3. The van der Waals surface area contributed by atoms with Gasteiger partial charge in [0.15, 0.2) is 0 Å². The summed E-state index contributed by atoms with van der Waals surface area (Å²) in [5, 5.41) is 2.21. The van der Waals surface area contributed by atoms with Crippen LogP contribution >= 0.6 is 0 Å². The second kappa shape index (κ2) is 7.63. The Labute approximate surface area is 178 Å². The quantitative estimate of drug-likeness (QED) is 0.761. The van der Waals surface area contributed by atoms with Crippen LogP contribution in [0, 0.1) is 0 Å². The fourth-order valence-corrected chi connectivity index (χ4v) is 4.41. The van der Waals surface area contributed by atoms with Crippen LogP contribution in [0.1, 0.15) is 51.3 Å². The molecule has 1 N–H and O–H groups in total. The molecule has 0 bridgehead atoms. The zero-order valence-corrected chi connectivity index (χ0v) is 16.8. The van der Waals surface area contributed by atoms with Gasteiger partial charge >= 0.3 is 0 Å². The first-order valence-corrected chi connectivity index (χ1v) is 10.3. The van der Waals surface area contributed by atoms with Gasteiger partial charge in [-0.25, -0.2) is 0 Å². The first kappa shape index (κ1) is 19.4. The number of benzene rings is 1. The highest BCUT2D eigenvalue weighted by Crippen LogP contribution is 2.29. The third kappa shape index (κ3) is 3.48. The zero-order valence-electron chi connectivity index (χ0n) is 16.8. The van der Waals surface area contributed by atoms with Crippen molar-refractivity contribution in [2.75, 3.05) is 13.1 Å². The van der Waals surface area contributed by atoms with E-state index < -0.39 is 23.8 Å². The summed E-state index contributed by atoms with van der Waals surface area (Å²) in [5.41, 5.74) is 2.74. The molecule has 4 heterocycles. The number of amides is 4. The van der Waals surface area contributed by atoms with Crippen molar-refractivity contribution in [1.82, 2.24) is 15.1 Å². The van der Waals surface area contributed by atoms with Gasteiger partial charge in [-0.2, -0.15) is 0 Å². The Bertz CT molecular complexity index is 1120. The summed E-state index contributed by atoms with van der Waals surface area (Å²) >= 11 is 0. The summed E-state index contributed by atoms with van der Waals surface area (Å²) in [7, 11) is 0. The molecule has 8 nitrogen and oxygen atoms in total. The van der Waals surface area contributed by atoms with Crippen LogP contribution in [-0.2, 0) is 16.1 Å². The molecule has 4 amide bonds. The number of imide groups is 2. The maximum Gasteiger partial charge on any atom is 0.262 e. The summed E-state index contributed by atoms with van der Waals surface area (Å²) in [4.78, 5) is 52.6. The van der Waals surface area contributed by atoms with Gasteiger partial charge in [0.1, 0.15) is 11.8 Å². The van der Waals surface area contributed by atoms with Crippen LogP contribution in [0.2, 0.25) is 0 Å². The molecule has 1 fully saturated rings. The van der Waals surface area contributed by atoms with Gasteiger partial charge in [-0.15, -0.1) is 0 Å². The first-order valence-electron chi connectivity index (χ1n) is 10.3. The number of furan rings is 1. The number of rotatable bonds is 4. The largest absolute Gasteiger partial charge is 0.465 e. The van der Waals surface area contributed by atoms with Crippen molar-refractivity contribution >= 4 is 29.2 Å². The Morgan fingerprint density at radius 2 is 1.87 bits per heavy atom. The number of piperidine rings is 1. The normalized spacial score (nSPS) is 21.9. The molecule has 2 aromatic rings. The molecular weight excluding hydrogens is 398 g/mol. The highest BCUT2D eigenvalue weighted by molar-refractivity contribution is 6.23. The lowest BCUT2D eigenvalue weighted by molar-refractivity contribution is -0.136. The smallest absolute Gasteiger partial charge is 0.262 e. The number of carbonyl (C=O) groups excluding carboxylic acids is 4. The fraction of sp³-hybridized carbons (Fsp3) is 0.304. The molecule has 1 aromatic heterocycles. The average molecular weight is 419 g/mol. The zero-order chi connectivity index (χ0) is 21.5. The van der Waals surface area contributed by atoms with E-state index in [4.69, 9.17) is 4.42 Å². The maximum absolute atomic E-state index is 13.0. The highest BCUT2D eigenvalue weighted by Gasteiger charge is 2.44. The predicted molar refractivity (Wildman–Crippen MR) is 110 cm³/mol. The van der Waals surface area contributed by atoms with E-state index in [9.17, 15) is 19.2 Å². The fourth-order valence-electron chi connectivity index (χ4n) is 4.41.